The molecule has 0 saturated heterocycles. The SMILES string of the molecule is CN=C(NCCCCSC)NCc1ccc(S(N)(=O)=O)cc1. The summed E-state index contributed by atoms with van der Waals surface area (Å²) in [6.07, 6.45) is 4.39. The van der Waals surface area contributed by atoms with Crippen LogP contribution in [0, 0.1) is 0 Å². The maximum atomic E-state index is 11.2. The second-order valence-corrected chi connectivity index (χ2v) is 7.29. The van der Waals surface area contributed by atoms with Crippen molar-refractivity contribution in [3.8, 4) is 0 Å². The average Bonchev–Trinajstić information content (AvgIpc) is 2.49. The fourth-order valence-corrected chi connectivity index (χ4v) is 2.79. The van der Waals surface area contributed by atoms with Crippen LogP contribution in [0.1, 0.15) is 18.4 Å². The molecule has 1 aromatic carbocycles. The molecule has 1 rings (SSSR count). The van der Waals surface area contributed by atoms with Gasteiger partial charge >= 0.3 is 0 Å². The first-order valence-electron chi connectivity index (χ1n) is 7.02. The van der Waals surface area contributed by atoms with Crippen molar-refractivity contribution in [3.05, 3.63) is 29.8 Å². The zero-order valence-corrected chi connectivity index (χ0v) is 14.6. The van der Waals surface area contributed by atoms with Crippen molar-refractivity contribution in [2.75, 3.05) is 25.6 Å². The van der Waals surface area contributed by atoms with Gasteiger partial charge in [-0.3, -0.25) is 4.99 Å². The number of nitrogens with one attached hydrogen (secondary N) is 2. The van der Waals surface area contributed by atoms with Crippen molar-refractivity contribution in [3.63, 3.8) is 0 Å². The maximum absolute atomic E-state index is 11.2. The number of sulfonamides is 1. The molecule has 0 spiro atoms. The number of nitrogens with zero attached hydrogens (tertiary/aromatic N) is 1. The number of thioether (sulfide) groups is 1. The van der Waals surface area contributed by atoms with Gasteiger partial charge in [0.2, 0.25) is 10.0 Å². The molecule has 0 aliphatic heterocycles. The van der Waals surface area contributed by atoms with Crippen LogP contribution in [-0.4, -0.2) is 40.0 Å². The van der Waals surface area contributed by atoms with Gasteiger partial charge in [-0.1, -0.05) is 12.1 Å². The minimum Gasteiger partial charge on any atom is -0.356 e. The lowest BCUT2D eigenvalue weighted by Crippen LogP contribution is -2.37. The van der Waals surface area contributed by atoms with Crippen molar-refractivity contribution in [2.24, 2.45) is 10.1 Å². The fourth-order valence-electron chi connectivity index (χ4n) is 1.78. The Morgan fingerprint density at radius 1 is 1.23 bits per heavy atom. The van der Waals surface area contributed by atoms with Crippen LogP contribution in [0.15, 0.2) is 34.2 Å². The van der Waals surface area contributed by atoms with Crippen LogP contribution in [0.3, 0.4) is 0 Å². The zero-order valence-electron chi connectivity index (χ0n) is 13.0. The quantitative estimate of drug-likeness (QED) is 0.373. The van der Waals surface area contributed by atoms with E-state index in [1.54, 1.807) is 19.2 Å². The standard InChI is InChI=1S/C14H24N4O2S2/c1-16-14(17-9-3-4-10-21-2)18-11-12-5-7-13(8-6-12)22(15,19)20/h5-8H,3-4,9-11H2,1-2H3,(H2,15,19,20)(H2,16,17,18). The van der Waals surface area contributed by atoms with E-state index in [4.69, 9.17) is 5.14 Å². The van der Waals surface area contributed by atoms with E-state index in [0.29, 0.717) is 6.54 Å². The van der Waals surface area contributed by atoms with Gasteiger partial charge in [-0.15, -0.1) is 0 Å². The monoisotopic (exact) mass is 344 g/mol. The van der Waals surface area contributed by atoms with Crippen molar-refractivity contribution in [2.45, 2.75) is 24.3 Å². The Kier molecular flexibility index (Phi) is 8.29. The number of unbranched alkanes of at least 4 members (excludes halogenated alkanes) is 1. The normalized spacial score (nSPS) is 12.2. The molecule has 0 fully saturated rings. The van der Waals surface area contributed by atoms with Gasteiger partial charge in [0.15, 0.2) is 5.96 Å². The third-order valence-corrected chi connectivity index (χ3v) is 4.63. The molecule has 6 nitrogen and oxygen atoms in total. The Labute approximate surface area is 137 Å². The van der Waals surface area contributed by atoms with Crippen molar-refractivity contribution in [1.82, 2.24) is 10.6 Å². The summed E-state index contributed by atoms with van der Waals surface area (Å²) in [6, 6.07) is 6.48. The number of benzene rings is 1. The Bertz CT molecular complexity index is 571. The summed E-state index contributed by atoms with van der Waals surface area (Å²) in [6.45, 7) is 1.44. The zero-order chi connectivity index (χ0) is 16.4. The molecule has 0 aliphatic rings. The van der Waals surface area contributed by atoms with E-state index in [2.05, 4.69) is 21.9 Å². The summed E-state index contributed by atoms with van der Waals surface area (Å²) in [5, 5.41) is 11.5. The highest BCUT2D eigenvalue weighted by Gasteiger charge is 2.06. The van der Waals surface area contributed by atoms with Crippen LogP contribution in [0.5, 0.6) is 0 Å². The molecule has 0 atom stereocenters. The lowest BCUT2D eigenvalue weighted by Gasteiger charge is -2.12. The number of guanidine groups is 1. The predicted molar refractivity (Wildman–Crippen MR) is 93.6 cm³/mol. The lowest BCUT2D eigenvalue weighted by atomic mass is 10.2. The maximum Gasteiger partial charge on any atom is 0.238 e. The molecule has 0 unspecified atom stereocenters. The summed E-state index contributed by atoms with van der Waals surface area (Å²) in [7, 11) is -1.91. The summed E-state index contributed by atoms with van der Waals surface area (Å²) >= 11 is 1.85. The molecule has 22 heavy (non-hydrogen) atoms. The van der Waals surface area contributed by atoms with Gasteiger partial charge in [0, 0.05) is 20.1 Å². The molecular formula is C14H24N4O2S2. The van der Waals surface area contributed by atoms with E-state index in [0.717, 1.165) is 24.5 Å². The van der Waals surface area contributed by atoms with E-state index in [9.17, 15) is 8.42 Å². The van der Waals surface area contributed by atoms with Crippen molar-refractivity contribution >= 4 is 27.7 Å². The Morgan fingerprint density at radius 3 is 2.45 bits per heavy atom. The topological polar surface area (TPSA) is 96.6 Å². The largest absolute Gasteiger partial charge is 0.356 e. The molecule has 124 valence electrons. The predicted octanol–water partition coefficient (Wildman–Crippen LogP) is 1.14. The highest BCUT2D eigenvalue weighted by molar-refractivity contribution is 7.98. The van der Waals surface area contributed by atoms with Gasteiger partial charge in [0.05, 0.1) is 4.90 Å². The average molecular weight is 345 g/mol. The number of hydrogen-bond acceptors (Lipinski definition) is 4. The van der Waals surface area contributed by atoms with E-state index in [-0.39, 0.29) is 4.90 Å². The van der Waals surface area contributed by atoms with Gasteiger partial charge in [0.25, 0.3) is 0 Å². The Morgan fingerprint density at radius 2 is 1.91 bits per heavy atom. The van der Waals surface area contributed by atoms with Crippen LogP contribution < -0.4 is 15.8 Å². The summed E-state index contributed by atoms with van der Waals surface area (Å²) in [5.74, 6) is 1.91. The molecule has 0 bridgehead atoms. The molecule has 0 heterocycles. The smallest absolute Gasteiger partial charge is 0.238 e. The van der Waals surface area contributed by atoms with Gasteiger partial charge in [-0.2, -0.15) is 11.8 Å². The van der Waals surface area contributed by atoms with Gasteiger partial charge < -0.3 is 10.6 Å². The molecule has 0 radical (unpaired) electrons. The fraction of sp³-hybridized carbons (Fsp3) is 0.500. The summed E-state index contributed by atoms with van der Waals surface area (Å²) in [4.78, 5) is 4.27. The van der Waals surface area contributed by atoms with E-state index >= 15 is 0 Å². The van der Waals surface area contributed by atoms with Gasteiger partial charge in [-0.25, -0.2) is 13.6 Å². The third kappa shape index (κ3) is 7.15. The highest BCUT2D eigenvalue weighted by atomic mass is 32.2. The van der Waals surface area contributed by atoms with Crippen molar-refractivity contribution < 1.29 is 8.42 Å². The number of aliphatic imine (C=N–C) groups is 1. The summed E-state index contributed by atoms with van der Waals surface area (Å²) < 4.78 is 22.4. The first-order chi connectivity index (χ1) is 10.5. The Hall–Kier alpha value is -1.25. The number of primary sulfonamides is 1. The molecule has 4 N–H and O–H groups in total. The van der Waals surface area contributed by atoms with E-state index in [1.165, 1.54) is 24.3 Å². The molecule has 8 heteroatoms. The van der Waals surface area contributed by atoms with Gasteiger partial charge in [-0.05, 0) is 42.5 Å². The second kappa shape index (κ2) is 9.70. The van der Waals surface area contributed by atoms with Crippen LogP contribution in [0.4, 0.5) is 0 Å². The molecule has 0 aliphatic carbocycles. The first-order valence-corrected chi connectivity index (χ1v) is 9.96. The number of rotatable bonds is 8. The molecule has 0 aromatic heterocycles. The molecule has 0 amide bonds. The molecule has 1 aromatic rings. The molecule has 0 saturated carbocycles. The van der Waals surface area contributed by atoms with E-state index < -0.39 is 10.0 Å². The second-order valence-electron chi connectivity index (χ2n) is 4.74. The molecular weight excluding hydrogens is 320 g/mol. The third-order valence-electron chi connectivity index (χ3n) is 3.00. The Balaban J connectivity index is 2.40. The first kappa shape index (κ1) is 18.8. The van der Waals surface area contributed by atoms with Gasteiger partial charge in [0.1, 0.15) is 0 Å². The number of hydrogen-bond donors (Lipinski definition) is 3. The number of nitrogens with two attached hydrogens (primary N) is 1. The van der Waals surface area contributed by atoms with Crippen LogP contribution >= 0.6 is 11.8 Å². The van der Waals surface area contributed by atoms with Crippen LogP contribution in [0.2, 0.25) is 0 Å². The van der Waals surface area contributed by atoms with E-state index in [1.807, 2.05) is 11.8 Å². The van der Waals surface area contributed by atoms with Crippen LogP contribution in [0.25, 0.3) is 0 Å². The van der Waals surface area contributed by atoms with Crippen LogP contribution in [-0.2, 0) is 16.6 Å². The lowest BCUT2D eigenvalue weighted by molar-refractivity contribution is 0.597. The minimum atomic E-state index is -3.63. The highest BCUT2D eigenvalue weighted by Crippen LogP contribution is 2.08. The van der Waals surface area contributed by atoms with Crippen molar-refractivity contribution in [1.29, 1.82) is 0 Å². The summed E-state index contributed by atoms with van der Waals surface area (Å²) in [5.41, 5.74) is 0.956. The minimum absolute atomic E-state index is 0.118.